The van der Waals surface area contributed by atoms with Crippen LogP contribution in [0.2, 0.25) is 0 Å². The fraction of sp³-hybridized carbons (Fsp3) is 0.429. The zero-order valence-electron chi connectivity index (χ0n) is 14.7. The summed E-state index contributed by atoms with van der Waals surface area (Å²) in [6.07, 6.45) is 7.16. The van der Waals surface area contributed by atoms with Crippen molar-refractivity contribution in [3.8, 4) is 0 Å². The third kappa shape index (κ3) is 1.58. The number of anilines is 1. The highest BCUT2D eigenvalue weighted by Gasteiger charge is 2.54. The summed E-state index contributed by atoms with van der Waals surface area (Å²) in [6.45, 7) is 4.53. The van der Waals surface area contributed by atoms with E-state index in [2.05, 4.69) is 66.9 Å². The second-order valence-corrected chi connectivity index (χ2v) is 7.55. The molecule has 0 radical (unpaired) electrons. The molecule has 1 saturated carbocycles. The van der Waals surface area contributed by atoms with Gasteiger partial charge >= 0.3 is 0 Å². The number of benzene rings is 1. The lowest BCUT2D eigenvalue weighted by Crippen LogP contribution is -2.40. The van der Waals surface area contributed by atoms with E-state index in [-0.39, 0.29) is 11.6 Å². The Balaban J connectivity index is 1.81. The molecule has 0 unspecified atom stereocenters. The molecule has 24 heavy (non-hydrogen) atoms. The maximum absolute atomic E-state index is 6.36. The zero-order valence-corrected chi connectivity index (χ0v) is 14.7. The zero-order chi connectivity index (χ0) is 16.5. The molecule has 0 bridgehead atoms. The van der Waals surface area contributed by atoms with E-state index < -0.39 is 0 Å². The standard InChI is InChI=1S/C21H24N2O/c1-14-8-4-5-9-16(14)23-15(2)20-18(21(23)11-6-7-12-21)19-17(24-20)10-13-22(19)3/h4-5,8-10,13,15H,6-7,11-12H2,1-3H3/t15-/m0/s1. The third-order valence-electron chi connectivity index (χ3n) is 6.24. The minimum atomic E-state index is 0.0955. The lowest BCUT2D eigenvalue weighted by molar-refractivity contribution is 0.410. The van der Waals surface area contributed by atoms with E-state index >= 15 is 0 Å². The minimum Gasteiger partial charge on any atom is -0.457 e. The summed E-state index contributed by atoms with van der Waals surface area (Å²) in [5, 5.41) is 0. The molecule has 3 heterocycles. The Labute approximate surface area is 142 Å². The van der Waals surface area contributed by atoms with Gasteiger partial charge in [0.1, 0.15) is 5.76 Å². The van der Waals surface area contributed by atoms with Crippen molar-refractivity contribution in [2.24, 2.45) is 7.05 Å². The molecule has 2 aliphatic rings. The Morgan fingerprint density at radius 2 is 1.88 bits per heavy atom. The Bertz CT molecular complexity index is 927. The van der Waals surface area contributed by atoms with E-state index in [1.54, 1.807) is 0 Å². The molecule has 124 valence electrons. The molecule has 1 atom stereocenters. The molecule has 5 rings (SSSR count). The number of aromatic nitrogens is 1. The van der Waals surface area contributed by atoms with Gasteiger partial charge < -0.3 is 13.9 Å². The summed E-state index contributed by atoms with van der Waals surface area (Å²) in [6, 6.07) is 11.2. The molecule has 0 amide bonds. The number of hydrogen-bond donors (Lipinski definition) is 0. The van der Waals surface area contributed by atoms with Crippen LogP contribution in [0, 0.1) is 6.92 Å². The van der Waals surface area contributed by atoms with Crippen LogP contribution in [-0.2, 0) is 12.6 Å². The average Bonchev–Trinajstić information content (AvgIpc) is 3.29. The summed E-state index contributed by atoms with van der Waals surface area (Å²) in [5.74, 6) is 1.18. The first-order chi connectivity index (χ1) is 11.6. The van der Waals surface area contributed by atoms with Crippen molar-refractivity contribution in [3.05, 3.63) is 53.4 Å². The number of hydrogen-bond acceptors (Lipinski definition) is 2. The van der Waals surface area contributed by atoms with Gasteiger partial charge in [0, 0.05) is 24.5 Å². The maximum atomic E-state index is 6.36. The van der Waals surface area contributed by atoms with Gasteiger partial charge in [-0.05, 0) is 44.4 Å². The van der Waals surface area contributed by atoms with Crippen LogP contribution in [0.5, 0.6) is 0 Å². The van der Waals surface area contributed by atoms with Gasteiger partial charge in [-0.25, -0.2) is 0 Å². The van der Waals surface area contributed by atoms with Crippen molar-refractivity contribution in [3.63, 3.8) is 0 Å². The molecule has 1 aromatic carbocycles. The van der Waals surface area contributed by atoms with Gasteiger partial charge in [-0.2, -0.15) is 0 Å². The molecule has 0 N–H and O–H groups in total. The van der Waals surface area contributed by atoms with Gasteiger partial charge in [0.2, 0.25) is 0 Å². The van der Waals surface area contributed by atoms with Crippen LogP contribution in [0.4, 0.5) is 5.69 Å². The molecular weight excluding hydrogens is 296 g/mol. The highest BCUT2D eigenvalue weighted by Crippen LogP contribution is 2.59. The second-order valence-electron chi connectivity index (χ2n) is 7.55. The first kappa shape index (κ1) is 14.2. The Kier molecular flexibility index (Phi) is 2.77. The molecule has 1 aliphatic heterocycles. The smallest absolute Gasteiger partial charge is 0.152 e. The van der Waals surface area contributed by atoms with E-state index in [0.717, 1.165) is 5.58 Å². The maximum Gasteiger partial charge on any atom is 0.152 e. The van der Waals surface area contributed by atoms with Crippen molar-refractivity contribution >= 4 is 16.8 Å². The predicted molar refractivity (Wildman–Crippen MR) is 97.4 cm³/mol. The van der Waals surface area contributed by atoms with Crippen molar-refractivity contribution in [2.45, 2.75) is 51.1 Å². The molecule has 3 heteroatoms. The Hall–Kier alpha value is -2.16. The van der Waals surface area contributed by atoms with Crippen molar-refractivity contribution in [1.29, 1.82) is 0 Å². The Morgan fingerprint density at radius 3 is 2.62 bits per heavy atom. The van der Waals surface area contributed by atoms with Gasteiger partial charge in [-0.15, -0.1) is 0 Å². The largest absolute Gasteiger partial charge is 0.457 e. The van der Waals surface area contributed by atoms with Crippen LogP contribution >= 0.6 is 0 Å². The van der Waals surface area contributed by atoms with Crippen LogP contribution in [0.25, 0.3) is 11.1 Å². The van der Waals surface area contributed by atoms with Gasteiger partial charge in [0.25, 0.3) is 0 Å². The fourth-order valence-corrected chi connectivity index (χ4v) is 5.25. The average molecular weight is 320 g/mol. The van der Waals surface area contributed by atoms with Gasteiger partial charge in [-0.1, -0.05) is 31.0 Å². The van der Waals surface area contributed by atoms with E-state index in [9.17, 15) is 0 Å². The first-order valence-corrected chi connectivity index (χ1v) is 9.07. The van der Waals surface area contributed by atoms with Crippen LogP contribution < -0.4 is 4.90 Å². The van der Waals surface area contributed by atoms with Crippen molar-refractivity contribution in [2.75, 3.05) is 4.90 Å². The molecule has 1 spiro atoms. The van der Waals surface area contributed by atoms with Crippen molar-refractivity contribution in [1.82, 2.24) is 4.57 Å². The van der Waals surface area contributed by atoms with Gasteiger partial charge in [-0.3, -0.25) is 0 Å². The monoisotopic (exact) mass is 320 g/mol. The summed E-state index contributed by atoms with van der Waals surface area (Å²) >= 11 is 0. The van der Waals surface area contributed by atoms with Crippen LogP contribution in [-0.4, -0.2) is 4.57 Å². The van der Waals surface area contributed by atoms with Crippen LogP contribution in [0.15, 0.2) is 40.9 Å². The van der Waals surface area contributed by atoms with E-state index in [4.69, 9.17) is 4.42 Å². The van der Waals surface area contributed by atoms with E-state index in [1.807, 2.05) is 0 Å². The summed E-state index contributed by atoms with van der Waals surface area (Å²) in [7, 11) is 2.14. The molecule has 1 aliphatic carbocycles. The Morgan fingerprint density at radius 1 is 1.12 bits per heavy atom. The van der Waals surface area contributed by atoms with Crippen LogP contribution in [0.1, 0.15) is 55.5 Å². The first-order valence-electron chi connectivity index (χ1n) is 9.07. The lowest BCUT2D eigenvalue weighted by atomic mass is 9.88. The fourth-order valence-electron chi connectivity index (χ4n) is 5.25. The van der Waals surface area contributed by atoms with Gasteiger partial charge in [0.15, 0.2) is 5.58 Å². The topological polar surface area (TPSA) is 21.3 Å². The molecule has 0 saturated heterocycles. The third-order valence-corrected chi connectivity index (χ3v) is 6.24. The number of fused-ring (bicyclic) bond motifs is 4. The number of rotatable bonds is 1. The molecular formula is C21H24N2O. The highest BCUT2D eigenvalue weighted by molar-refractivity contribution is 5.84. The summed E-state index contributed by atoms with van der Waals surface area (Å²) < 4.78 is 8.60. The quantitative estimate of drug-likeness (QED) is 0.596. The van der Waals surface area contributed by atoms with Crippen LogP contribution in [0.3, 0.4) is 0 Å². The molecule has 2 aromatic heterocycles. The summed E-state index contributed by atoms with van der Waals surface area (Å²) in [5.41, 5.74) is 6.61. The van der Waals surface area contributed by atoms with Gasteiger partial charge in [0.05, 0.1) is 17.1 Å². The number of furan rings is 1. The lowest BCUT2D eigenvalue weighted by Gasteiger charge is -2.41. The van der Waals surface area contributed by atoms with E-state index in [0.29, 0.717) is 0 Å². The van der Waals surface area contributed by atoms with Crippen molar-refractivity contribution < 1.29 is 4.42 Å². The number of para-hydroxylation sites is 1. The number of aryl methyl sites for hydroxylation is 2. The normalized spacial score (nSPS) is 22.0. The predicted octanol–water partition coefficient (Wildman–Crippen LogP) is 5.43. The molecule has 3 aromatic rings. The molecule has 1 fully saturated rings. The molecule has 3 nitrogen and oxygen atoms in total. The van der Waals surface area contributed by atoms with E-state index in [1.165, 1.54) is 53.8 Å². The minimum absolute atomic E-state index is 0.0955. The highest BCUT2D eigenvalue weighted by atomic mass is 16.3. The summed E-state index contributed by atoms with van der Waals surface area (Å²) in [4.78, 5) is 2.66. The second kappa shape index (κ2) is 4.69. The number of nitrogens with zero attached hydrogens (tertiary/aromatic N) is 2. The SMILES string of the molecule is Cc1ccccc1N1[C@@H](C)c2oc3ccn(C)c3c2C12CCCC2.